The molecule has 3 nitrogen and oxygen atoms in total. The molecule has 9 rings (SSSR count). The first-order valence-corrected chi connectivity index (χ1v) is 16.5. The van der Waals surface area contributed by atoms with Gasteiger partial charge in [0.05, 0.1) is 17.1 Å². The summed E-state index contributed by atoms with van der Waals surface area (Å²) < 4.78 is 6.56. The van der Waals surface area contributed by atoms with Crippen LogP contribution in [0.5, 0.6) is 11.5 Å². The Kier molecular flexibility index (Phi) is 6.48. The summed E-state index contributed by atoms with van der Waals surface area (Å²) >= 11 is 0. The Labute approximate surface area is 281 Å². The number of rotatable bonds is 5. The highest BCUT2D eigenvalue weighted by Gasteiger charge is 2.43. The molecule has 3 heteroatoms. The molecule has 0 unspecified atom stereocenters. The van der Waals surface area contributed by atoms with Crippen LogP contribution in [0.3, 0.4) is 0 Å². The maximum atomic E-state index is 6.56. The zero-order valence-electron chi connectivity index (χ0n) is 27.0. The van der Waals surface area contributed by atoms with Gasteiger partial charge in [0, 0.05) is 22.5 Å². The largest absolute Gasteiger partial charge is 0.453 e. The lowest BCUT2D eigenvalue weighted by molar-refractivity contribution is 0.471. The van der Waals surface area contributed by atoms with Crippen molar-refractivity contribution in [1.82, 2.24) is 0 Å². The van der Waals surface area contributed by atoms with Gasteiger partial charge in [-0.3, -0.25) is 0 Å². The Hall–Kier alpha value is -6.06. The Morgan fingerprint density at radius 2 is 1.00 bits per heavy atom. The molecule has 48 heavy (non-hydrogen) atoms. The number of nitrogens with zero attached hydrogens (tertiary/aromatic N) is 2. The van der Waals surface area contributed by atoms with Crippen molar-refractivity contribution in [3.8, 4) is 33.8 Å². The molecule has 0 amide bonds. The molecule has 0 bridgehead atoms. The third-order valence-corrected chi connectivity index (χ3v) is 9.82. The second kappa shape index (κ2) is 11.0. The average molecular weight is 619 g/mol. The Morgan fingerprint density at radius 3 is 1.71 bits per heavy atom. The monoisotopic (exact) mass is 618 g/mol. The van der Waals surface area contributed by atoms with E-state index in [9.17, 15) is 0 Å². The van der Waals surface area contributed by atoms with Crippen LogP contribution >= 0.6 is 0 Å². The lowest BCUT2D eigenvalue weighted by Gasteiger charge is -2.45. The van der Waals surface area contributed by atoms with E-state index in [1.54, 1.807) is 0 Å². The van der Waals surface area contributed by atoms with E-state index in [0.29, 0.717) is 0 Å². The van der Waals surface area contributed by atoms with E-state index in [-0.39, 0.29) is 5.41 Å². The second-order valence-electron chi connectivity index (χ2n) is 13.0. The molecule has 0 spiro atoms. The zero-order valence-corrected chi connectivity index (χ0v) is 27.0. The Bertz CT molecular complexity index is 2270. The van der Waals surface area contributed by atoms with Crippen LogP contribution in [0, 0.1) is 0 Å². The SMILES string of the molecule is CC1(C)c2ccccc2N2c3ccccc3Oc3ccc(-c4ccc(N(c5ccccc5)c5ccc(-c6ccccc6)cc5)cc4)c1c32. The lowest BCUT2D eigenvalue weighted by Crippen LogP contribution is -2.33. The number of ether oxygens (including phenoxy) is 1. The number of para-hydroxylation sites is 4. The van der Waals surface area contributed by atoms with Gasteiger partial charge >= 0.3 is 0 Å². The van der Waals surface area contributed by atoms with Crippen molar-refractivity contribution in [1.29, 1.82) is 0 Å². The fourth-order valence-corrected chi connectivity index (χ4v) is 7.55. The Balaban J connectivity index is 1.16. The quantitative estimate of drug-likeness (QED) is 0.191. The fourth-order valence-electron chi connectivity index (χ4n) is 7.55. The van der Waals surface area contributed by atoms with Crippen molar-refractivity contribution in [2.75, 3.05) is 9.80 Å². The van der Waals surface area contributed by atoms with E-state index in [4.69, 9.17) is 4.74 Å². The van der Waals surface area contributed by atoms with E-state index in [1.807, 2.05) is 6.07 Å². The number of hydrogen-bond acceptors (Lipinski definition) is 3. The number of anilines is 6. The average Bonchev–Trinajstić information content (AvgIpc) is 3.14. The van der Waals surface area contributed by atoms with Gasteiger partial charge in [-0.1, -0.05) is 123 Å². The number of hydrogen-bond donors (Lipinski definition) is 0. The molecular formula is C45H34N2O. The van der Waals surface area contributed by atoms with Gasteiger partial charge in [-0.05, 0) is 94.0 Å². The normalized spacial score (nSPS) is 13.5. The lowest BCUT2D eigenvalue weighted by atomic mass is 9.70. The summed E-state index contributed by atoms with van der Waals surface area (Å²) in [7, 11) is 0. The summed E-state index contributed by atoms with van der Waals surface area (Å²) in [6.07, 6.45) is 0. The molecule has 0 saturated heterocycles. The van der Waals surface area contributed by atoms with Crippen LogP contribution in [0.15, 0.2) is 170 Å². The maximum Gasteiger partial charge on any atom is 0.151 e. The molecule has 7 aromatic carbocycles. The van der Waals surface area contributed by atoms with Crippen LogP contribution in [-0.4, -0.2) is 0 Å². The zero-order chi connectivity index (χ0) is 32.2. The standard InChI is InChI=1S/C45H34N2O/c1-45(2)38-17-9-10-18-39(38)47-40-19-11-12-20-41(40)48-42-30-29-37(43(45)44(42)47)33-23-27-36(28-24-33)46(34-15-7-4-8-16-34)35-25-21-32(22-26-35)31-13-5-3-6-14-31/h3-30H,1-2H3. The fraction of sp³-hybridized carbons (Fsp3) is 0.0667. The topological polar surface area (TPSA) is 15.7 Å². The molecule has 0 saturated carbocycles. The summed E-state index contributed by atoms with van der Waals surface area (Å²) in [6, 6.07) is 60.5. The van der Waals surface area contributed by atoms with Crippen molar-refractivity contribution >= 4 is 34.1 Å². The van der Waals surface area contributed by atoms with Crippen LogP contribution in [0.25, 0.3) is 22.3 Å². The predicted octanol–water partition coefficient (Wildman–Crippen LogP) is 12.7. The molecule has 0 aliphatic carbocycles. The van der Waals surface area contributed by atoms with Crippen molar-refractivity contribution < 1.29 is 4.74 Å². The minimum atomic E-state index is -0.251. The van der Waals surface area contributed by atoms with Gasteiger partial charge in [0.25, 0.3) is 0 Å². The molecule has 2 aliphatic heterocycles. The molecule has 0 atom stereocenters. The van der Waals surface area contributed by atoms with E-state index >= 15 is 0 Å². The first-order chi connectivity index (χ1) is 23.6. The minimum absolute atomic E-state index is 0.251. The molecule has 0 radical (unpaired) electrons. The van der Waals surface area contributed by atoms with E-state index in [1.165, 1.54) is 39.1 Å². The highest BCUT2D eigenvalue weighted by atomic mass is 16.5. The van der Waals surface area contributed by atoms with Crippen LogP contribution in [0.2, 0.25) is 0 Å². The van der Waals surface area contributed by atoms with Crippen molar-refractivity contribution in [3.05, 3.63) is 181 Å². The number of fused-ring (bicyclic) bond motifs is 4. The molecule has 7 aromatic rings. The predicted molar refractivity (Wildman–Crippen MR) is 199 cm³/mol. The maximum absolute atomic E-state index is 6.56. The van der Waals surface area contributed by atoms with Crippen molar-refractivity contribution in [2.45, 2.75) is 19.3 Å². The first-order valence-electron chi connectivity index (χ1n) is 16.5. The third kappa shape index (κ3) is 4.43. The summed E-state index contributed by atoms with van der Waals surface area (Å²) in [4.78, 5) is 4.72. The van der Waals surface area contributed by atoms with Gasteiger partial charge in [-0.2, -0.15) is 0 Å². The van der Waals surface area contributed by atoms with Gasteiger partial charge in [0.15, 0.2) is 11.5 Å². The van der Waals surface area contributed by atoms with Crippen molar-refractivity contribution in [2.24, 2.45) is 0 Å². The molecule has 230 valence electrons. The van der Waals surface area contributed by atoms with Crippen LogP contribution < -0.4 is 14.5 Å². The van der Waals surface area contributed by atoms with Gasteiger partial charge < -0.3 is 14.5 Å². The van der Waals surface area contributed by atoms with Crippen molar-refractivity contribution in [3.63, 3.8) is 0 Å². The molecular weight excluding hydrogens is 585 g/mol. The molecule has 2 heterocycles. The van der Waals surface area contributed by atoms with E-state index < -0.39 is 0 Å². The summed E-state index contributed by atoms with van der Waals surface area (Å²) in [5.41, 5.74) is 13.9. The number of benzene rings is 7. The highest BCUT2D eigenvalue weighted by Crippen LogP contribution is 2.61. The summed E-state index contributed by atoms with van der Waals surface area (Å²) in [5, 5.41) is 0. The summed E-state index contributed by atoms with van der Waals surface area (Å²) in [5.74, 6) is 1.77. The summed E-state index contributed by atoms with van der Waals surface area (Å²) in [6.45, 7) is 4.68. The van der Waals surface area contributed by atoms with Gasteiger partial charge in [0.2, 0.25) is 0 Å². The van der Waals surface area contributed by atoms with Gasteiger partial charge in [-0.25, -0.2) is 0 Å². The third-order valence-electron chi connectivity index (χ3n) is 9.82. The van der Waals surface area contributed by atoms with Crippen LogP contribution in [0.4, 0.5) is 34.1 Å². The highest BCUT2D eigenvalue weighted by molar-refractivity contribution is 5.96. The molecule has 0 fully saturated rings. The Morgan fingerprint density at radius 1 is 0.458 bits per heavy atom. The molecule has 0 aromatic heterocycles. The first kappa shape index (κ1) is 28.2. The second-order valence-corrected chi connectivity index (χ2v) is 13.0. The van der Waals surface area contributed by atoms with Gasteiger partial charge in [0.1, 0.15) is 0 Å². The van der Waals surface area contributed by atoms with E-state index in [2.05, 4.69) is 187 Å². The van der Waals surface area contributed by atoms with Crippen LogP contribution in [-0.2, 0) is 5.41 Å². The molecule has 0 N–H and O–H groups in total. The van der Waals surface area contributed by atoms with E-state index in [0.717, 1.165) is 39.9 Å². The van der Waals surface area contributed by atoms with Crippen LogP contribution in [0.1, 0.15) is 25.0 Å². The smallest absolute Gasteiger partial charge is 0.151 e. The molecule has 2 aliphatic rings. The van der Waals surface area contributed by atoms with Gasteiger partial charge in [-0.15, -0.1) is 0 Å². The minimum Gasteiger partial charge on any atom is -0.453 e.